The second kappa shape index (κ2) is 9.68. The van der Waals surface area contributed by atoms with Gasteiger partial charge in [0.05, 0.1) is 6.04 Å². The highest BCUT2D eigenvalue weighted by molar-refractivity contribution is 5.85. The van der Waals surface area contributed by atoms with Gasteiger partial charge in [-0.15, -0.1) is 0 Å². The van der Waals surface area contributed by atoms with Crippen molar-refractivity contribution < 1.29 is 4.79 Å². The summed E-state index contributed by atoms with van der Waals surface area (Å²) in [5.74, 6) is 2.46. The Morgan fingerprint density at radius 2 is 1.05 bits per heavy atom. The van der Waals surface area contributed by atoms with Gasteiger partial charge in [0, 0.05) is 5.54 Å². The number of amides is 1. The van der Waals surface area contributed by atoms with E-state index in [1.807, 2.05) is 18.2 Å². The highest BCUT2D eigenvalue weighted by atomic mass is 16.2. The molecule has 0 aromatic heterocycles. The van der Waals surface area contributed by atoms with Crippen LogP contribution in [0.1, 0.15) is 76.0 Å². The van der Waals surface area contributed by atoms with Crippen molar-refractivity contribution in [1.29, 1.82) is 0 Å². The SMILES string of the molecule is CC(C)(C)NC(C(=O)NC(c1ccccc1)(c1ccccc1)c1ccccc1)C12CC3CC(CC(C3)C1)C2. The highest BCUT2D eigenvalue weighted by Gasteiger charge is 2.57. The minimum absolute atomic E-state index is 0.0297. The summed E-state index contributed by atoms with van der Waals surface area (Å²) < 4.78 is 0. The van der Waals surface area contributed by atoms with E-state index in [1.54, 1.807) is 0 Å². The summed E-state index contributed by atoms with van der Waals surface area (Å²) in [5, 5.41) is 7.60. The molecule has 3 aromatic carbocycles. The van der Waals surface area contributed by atoms with E-state index in [0.29, 0.717) is 0 Å². The second-order valence-electron chi connectivity index (χ2n) is 13.4. The number of hydrogen-bond acceptors (Lipinski definition) is 2. The maximum absolute atomic E-state index is 14.9. The van der Waals surface area contributed by atoms with E-state index in [0.717, 1.165) is 34.4 Å². The quantitative estimate of drug-likeness (QED) is 0.337. The number of benzene rings is 3. The Hall–Kier alpha value is -2.91. The van der Waals surface area contributed by atoms with Gasteiger partial charge in [-0.1, -0.05) is 91.0 Å². The summed E-state index contributed by atoms with van der Waals surface area (Å²) in [6.07, 6.45) is 7.63. The molecule has 0 heterocycles. The molecule has 38 heavy (non-hydrogen) atoms. The van der Waals surface area contributed by atoms with Crippen LogP contribution in [0.5, 0.6) is 0 Å². The van der Waals surface area contributed by atoms with Crippen molar-refractivity contribution in [2.45, 2.75) is 76.4 Å². The number of hydrogen-bond donors (Lipinski definition) is 2. The molecule has 0 radical (unpaired) electrons. The van der Waals surface area contributed by atoms with Crippen LogP contribution in [0.3, 0.4) is 0 Å². The normalized spacial score (nSPS) is 27.2. The molecule has 3 heteroatoms. The molecule has 4 aliphatic rings. The Morgan fingerprint density at radius 1 is 0.684 bits per heavy atom. The third kappa shape index (κ3) is 4.60. The predicted molar refractivity (Wildman–Crippen MR) is 155 cm³/mol. The van der Waals surface area contributed by atoms with Crippen molar-refractivity contribution in [3.05, 3.63) is 108 Å². The van der Waals surface area contributed by atoms with Gasteiger partial charge in [0.15, 0.2) is 0 Å². The highest BCUT2D eigenvalue weighted by Crippen LogP contribution is 2.61. The molecule has 1 amide bonds. The van der Waals surface area contributed by atoms with Crippen molar-refractivity contribution in [2.75, 3.05) is 0 Å². The molecular weight excluding hydrogens is 464 g/mol. The summed E-state index contributed by atoms with van der Waals surface area (Å²) >= 11 is 0. The topological polar surface area (TPSA) is 41.1 Å². The van der Waals surface area contributed by atoms with Gasteiger partial charge in [-0.3, -0.25) is 4.79 Å². The van der Waals surface area contributed by atoms with E-state index < -0.39 is 5.54 Å². The lowest BCUT2D eigenvalue weighted by atomic mass is 9.47. The lowest BCUT2D eigenvalue weighted by Gasteiger charge is -2.60. The van der Waals surface area contributed by atoms with Gasteiger partial charge in [-0.25, -0.2) is 0 Å². The summed E-state index contributed by atoms with van der Waals surface area (Å²) in [6.45, 7) is 6.60. The molecule has 1 unspecified atom stereocenters. The summed E-state index contributed by atoms with van der Waals surface area (Å²) in [4.78, 5) is 14.9. The maximum Gasteiger partial charge on any atom is 0.238 e. The Morgan fingerprint density at radius 3 is 1.39 bits per heavy atom. The molecular formula is C35H42N2O. The molecule has 4 bridgehead atoms. The van der Waals surface area contributed by atoms with Gasteiger partial charge in [0.25, 0.3) is 0 Å². The molecule has 2 N–H and O–H groups in total. The van der Waals surface area contributed by atoms with Gasteiger partial charge >= 0.3 is 0 Å². The molecule has 4 aliphatic carbocycles. The largest absolute Gasteiger partial charge is 0.337 e. The van der Waals surface area contributed by atoms with E-state index >= 15 is 0 Å². The van der Waals surface area contributed by atoms with Gasteiger partial charge in [0.2, 0.25) is 5.91 Å². The van der Waals surface area contributed by atoms with Crippen molar-refractivity contribution in [3.63, 3.8) is 0 Å². The van der Waals surface area contributed by atoms with E-state index in [2.05, 4.69) is 104 Å². The third-order valence-corrected chi connectivity index (χ3v) is 9.47. The minimum Gasteiger partial charge on any atom is -0.337 e. The smallest absolute Gasteiger partial charge is 0.238 e. The van der Waals surface area contributed by atoms with Crippen molar-refractivity contribution in [3.8, 4) is 0 Å². The number of nitrogens with one attached hydrogen (secondary N) is 2. The van der Waals surface area contributed by atoms with Crippen LogP contribution in [0.15, 0.2) is 91.0 Å². The average molecular weight is 507 g/mol. The molecule has 1 atom stereocenters. The lowest BCUT2D eigenvalue weighted by Crippen LogP contribution is -2.66. The molecule has 4 fully saturated rings. The van der Waals surface area contributed by atoms with Crippen LogP contribution in [-0.2, 0) is 10.3 Å². The van der Waals surface area contributed by atoms with Crippen LogP contribution < -0.4 is 10.6 Å². The molecule has 7 rings (SSSR count). The van der Waals surface area contributed by atoms with E-state index in [9.17, 15) is 4.79 Å². The third-order valence-electron chi connectivity index (χ3n) is 9.47. The average Bonchev–Trinajstić information content (AvgIpc) is 2.90. The lowest BCUT2D eigenvalue weighted by molar-refractivity contribution is -0.138. The van der Waals surface area contributed by atoms with Gasteiger partial charge in [-0.2, -0.15) is 0 Å². The Kier molecular flexibility index (Phi) is 6.46. The molecule has 198 valence electrons. The van der Waals surface area contributed by atoms with Crippen molar-refractivity contribution in [1.82, 2.24) is 10.6 Å². The summed E-state index contributed by atoms with van der Waals surface area (Å²) in [5.41, 5.74) is 2.30. The fourth-order valence-electron chi connectivity index (χ4n) is 8.50. The number of carbonyl (C=O) groups is 1. The first-order valence-corrected chi connectivity index (χ1v) is 14.5. The Labute approximate surface area is 228 Å². The Balaban J connectivity index is 1.48. The first-order valence-electron chi connectivity index (χ1n) is 14.5. The van der Waals surface area contributed by atoms with E-state index in [4.69, 9.17) is 0 Å². The molecule has 3 nitrogen and oxygen atoms in total. The molecule has 0 aliphatic heterocycles. The zero-order valence-electron chi connectivity index (χ0n) is 23.1. The van der Waals surface area contributed by atoms with Crippen molar-refractivity contribution >= 4 is 5.91 Å². The molecule has 3 aromatic rings. The van der Waals surface area contributed by atoms with E-state index in [-0.39, 0.29) is 22.9 Å². The second-order valence-corrected chi connectivity index (χ2v) is 13.4. The summed E-state index contributed by atoms with van der Waals surface area (Å²) in [7, 11) is 0. The monoisotopic (exact) mass is 506 g/mol. The number of rotatable bonds is 7. The molecule has 0 spiro atoms. The van der Waals surface area contributed by atoms with Gasteiger partial charge in [0.1, 0.15) is 5.54 Å². The van der Waals surface area contributed by atoms with Crippen LogP contribution >= 0.6 is 0 Å². The Bertz CT molecular complexity index is 1110. The fraction of sp³-hybridized carbons (Fsp3) is 0.457. The maximum atomic E-state index is 14.9. The van der Waals surface area contributed by atoms with Gasteiger partial charge < -0.3 is 10.6 Å². The van der Waals surface area contributed by atoms with Gasteiger partial charge in [-0.05, 0) is 99.2 Å². The molecule has 4 saturated carbocycles. The molecule has 0 saturated heterocycles. The predicted octanol–water partition coefficient (Wildman–Crippen LogP) is 7.07. The summed E-state index contributed by atoms with van der Waals surface area (Å²) in [6, 6.07) is 31.3. The van der Waals surface area contributed by atoms with Crippen LogP contribution in [0.2, 0.25) is 0 Å². The standard InChI is InChI=1S/C35H42N2O/c1-33(2,3)36-31(34-22-25-19-26(23-34)21-27(20-25)24-34)32(38)37-35(28-13-7-4-8-14-28,29-15-9-5-10-16-29)30-17-11-6-12-18-30/h4-18,25-27,31,36H,19-24H2,1-3H3,(H,37,38). The van der Waals surface area contributed by atoms with Crippen molar-refractivity contribution in [2.24, 2.45) is 23.2 Å². The first kappa shape index (κ1) is 25.4. The van der Waals surface area contributed by atoms with Crippen LogP contribution in [0.25, 0.3) is 0 Å². The number of carbonyl (C=O) groups excluding carboxylic acids is 1. The van der Waals surface area contributed by atoms with Crippen LogP contribution in [0.4, 0.5) is 0 Å². The zero-order valence-corrected chi connectivity index (χ0v) is 23.1. The first-order chi connectivity index (χ1) is 18.3. The fourth-order valence-corrected chi connectivity index (χ4v) is 8.50. The minimum atomic E-state index is -0.791. The van der Waals surface area contributed by atoms with Crippen LogP contribution in [-0.4, -0.2) is 17.5 Å². The van der Waals surface area contributed by atoms with E-state index in [1.165, 1.54) is 38.5 Å². The van der Waals surface area contributed by atoms with Crippen LogP contribution in [0, 0.1) is 23.2 Å². The zero-order chi connectivity index (χ0) is 26.4.